The Morgan fingerprint density at radius 2 is 2.11 bits per heavy atom. The number of benzene rings is 1. The lowest BCUT2D eigenvalue weighted by Crippen LogP contribution is -2.37. The molecule has 0 fully saturated rings. The Bertz CT molecular complexity index is 543. The fraction of sp³-hybridized carbons (Fsp3) is 0.231. The average molecular weight is 325 g/mol. The molecule has 1 aliphatic heterocycles. The van der Waals surface area contributed by atoms with E-state index in [1.54, 1.807) is 17.0 Å². The molecule has 0 atom stereocenters. The average Bonchev–Trinajstić information content (AvgIpc) is 2.41. The fourth-order valence-electron chi connectivity index (χ4n) is 1.82. The third-order valence-electron chi connectivity index (χ3n) is 2.80. The van der Waals surface area contributed by atoms with Crippen LogP contribution in [0.3, 0.4) is 0 Å². The summed E-state index contributed by atoms with van der Waals surface area (Å²) in [5.74, 6) is -1.07. The number of halogens is 1. The molecule has 0 bridgehead atoms. The van der Waals surface area contributed by atoms with Gasteiger partial charge in [0.25, 0.3) is 0 Å². The van der Waals surface area contributed by atoms with E-state index in [4.69, 9.17) is 5.11 Å². The van der Waals surface area contributed by atoms with Crippen molar-refractivity contribution in [1.29, 1.82) is 0 Å². The summed E-state index contributed by atoms with van der Waals surface area (Å²) in [6, 6.07) is 4.45. The summed E-state index contributed by atoms with van der Waals surface area (Å²) < 4.78 is 0.656. The molecule has 1 heterocycles. The van der Waals surface area contributed by atoms with Crippen LogP contribution in [-0.4, -0.2) is 35.1 Å². The van der Waals surface area contributed by atoms with Crippen molar-refractivity contribution >= 4 is 33.6 Å². The smallest absolute Gasteiger partial charge is 0.337 e. The van der Waals surface area contributed by atoms with Gasteiger partial charge in [0.15, 0.2) is 0 Å². The molecule has 0 aliphatic carbocycles. The molecule has 0 spiro atoms. The maximum absolute atomic E-state index is 12.0. The van der Waals surface area contributed by atoms with Crippen LogP contribution >= 0.6 is 15.9 Å². The maximum Gasteiger partial charge on any atom is 0.337 e. The summed E-state index contributed by atoms with van der Waals surface area (Å²) >= 11 is 3.21. The first kappa shape index (κ1) is 13.6. The molecule has 0 radical (unpaired) electrons. The van der Waals surface area contributed by atoms with E-state index in [0.717, 1.165) is 6.42 Å². The van der Waals surface area contributed by atoms with E-state index in [2.05, 4.69) is 21.2 Å². The second-order valence-electron chi connectivity index (χ2n) is 4.13. The minimum absolute atomic E-state index is 0.0651. The highest BCUT2D eigenvalue weighted by molar-refractivity contribution is 9.10. The topological polar surface area (TPSA) is 69.6 Å². The van der Waals surface area contributed by atoms with Crippen LogP contribution < -0.4 is 5.32 Å². The van der Waals surface area contributed by atoms with Crippen molar-refractivity contribution < 1.29 is 14.7 Å². The Kier molecular flexibility index (Phi) is 4.21. The van der Waals surface area contributed by atoms with Crippen LogP contribution in [0, 0.1) is 0 Å². The predicted molar refractivity (Wildman–Crippen MR) is 75.5 cm³/mol. The zero-order valence-corrected chi connectivity index (χ0v) is 11.7. The number of hydrogen-bond acceptors (Lipinski definition) is 2. The molecule has 1 aromatic rings. The molecule has 2 N–H and O–H groups in total. The van der Waals surface area contributed by atoms with Crippen LogP contribution in [0.25, 0.3) is 0 Å². The van der Waals surface area contributed by atoms with Gasteiger partial charge in [0.2, 0.25) is 0 Å². The van der Waals surface area contributed by atoms with E-state index >= 15 is 0 Å². The van der Waals surface area contributed by atoms with Crippen molar-refractivity contribution in [1.82, 2.24) is 4.90 Å². The molecule has 0 saturated carbocycles. The molecular weight excluding hydrogens is 312 g/mol. The van der Waals surface area contributed by atoms with E-state index < -0.39 is 5.97 Å². The Balaban J connectivity index is 2.16. The first-order chi connectivity index (χ1) is 9.08. The zero-order valence-electron chi connectivity index (χ0n) is 10.1. The maximum atomic E-state index is 12.0. The molecule has 1 aromatic carbocycles. The van der Waals surface area contributed by atoms with Crippen LogP contribution in [0.15, 0.2) is 34.8 Å². The highest BCUT2D eigenvalue weighted by Crippen LogP contribution is 2.21. The molecule has 0 aromatic heterocycles. The number of carboxylic acids is 1. The highest BCUT2D eigenvalue weighted by Gasteiger charge is 2.17. The zero-order chi connectivity index (χ0) is 13.8. The lowest BCUT2D eigenvalue weighted by molar-refractivity contribution is 0.0698. The summed E-state index contributed by atoms with van der Waals surface area (Å²) in [7, 11) is 0. The third kappa shape index (κ3) is 3.35. The molecule has 1 aliphatic rings. The first-order valence-corrected chi connectivity index (χ1v) is 6.61. The number of carboxylic acid groups (broad SMARTS) is 1. The van der Waals surface area contributed by atoms with Gasteiger partial charge in [-0.1, -0.05) is 28.1 Å². The minimum Gasteiger partial charge on any atom is -0.478 e. The molecule has 0 saturated heterocycles. The molecule has 2 amide bonds. The lowest BCUT2D eigenvalue weighted by Gasteiger charge is -2.24. The van der Waals surface area contributed by atoms with Crippen molar-refractivity contribution in [3.05, 3.63) is 40.4 Å². The number of carbonyl (C=O) groups is 2. The largest absolute Gasteiger partial charge is 0.478 e. The summed E-state index contributed by atoms with van der Waals surface area (Å²) in [6.07, 6.45) is 4.76. The second kappa shape index (κ2) is 5.88. The molecule has 19 heavy (non-hydrogen) atoms. The van der Waals surface area contributed by atoms with Gasteiger partial charge in [0, 0.05) is 17.6 Å². The summed E-state index contributed by atoms with van der Waals surface area (Å²) in [5.41, 5.74) is 0.366. The number of anilines is 1. The molecule has 2 rings (SSSR count). The Labute approximate surface area is 119 Å². The summed E-state index contributed by atoms with van der Waals surface area (Å²) in [5, 5.41) is 11.8. The van der Waals surface area contributed by atoms with Gasteiger partial charge in [-0.25, -0.2) is 9.59 Å². The number of aromatic carboxylic acids is 1. The van der Waals surface area contributed by atoms with Crippen molar-refractivity contribution in [3.8, 4) is 0 Å². The van der Waals surface area contributed by atoms with Crippen molar-refractivity contribution in [3.63, 3.8) is 0 Å². The van der Waals surface area contributed by atoms with Crippen LogP contribution in [0.1, 0.15) is 16.8 Å². The van der Waals surface area contributed by atoms with E-state index in [0.29, 0.717) is 23.2 Å². The number of carbonyl (C=O) groups excluding carboxylic acids is 1. The van der Waals surface area contributed by atoms with Gasteiger partial charge in [0.05, 0.1) is 11.3 Å². The van der Waals surface area contributed by atoms with Crippen LogP contribution in [0.4, 0.5) is 10.5 Å². The van der Waals surface area contributed by atoms with Crippen LogP contribution in [0.2, 0.25) is 0 Å². The standard InChI is InChI=1S/C13H13BrN2O3/c14-9-4-5-11(10(8-9)12(17)18)15-13(19)16-6-2-1-3-7-16/h1-2,4-5,8H,3,6-7H2,(H,15,19)(H,17,18). The summed E-state index contributed by atoms with van der Waals surface area (Å²) in [6.45, 7) is 1.19. The van der Waals surface area contributed by atoms with Gasteiger partial charge >= 0.3 is 12.0 Å². The minimum atomic E-state index is -1.07. The van der Waals surface area contributed by atoms with E-state index in [1.165, 1.54) is 6.07 Å². The fourth-order valence-corrected chi connectivity index (χ4v) is 2.18. The van der Waals surface area contributed by atoms with E-state index in [1.807, 2.05) is 12.2 Å². The van der Waals surface area contributed by atoms with Gasteiger partial charge in [-0.05, 0) is 24.6 Å². The van der Waals surface area contributed by atoms with E-state index in [9.17, 15) is 9.59 Å². The van der Waals surface area contributed by atoms with Crippen LogP contribution in [-0.2, 0) is 0 Å². The van der Waals surface area contributed by atoms with Gasteiger partial charge in [-0.3, -0.25) is 0 Å². The highest BCUT2D eigenvalue weighted by atomic mass is 79.9. The molecule has 100 valence electrons. The molecule has 6 heteroatoms. The first-order valence-electron chi connectivity index (χ1n) is 5.81. The number of urea groups is 1. The number of amides is 2. The van der Waals surface area contributed by atoms with Gasteiger partial charge in [-0.2, -0.15) is 0 Å². The monoisotopic (exact) mass is 324 g/mol. The SMILES string of the molecule is O=C(O)c1cc(Br)ccc1NC(=O)N1CC=CCC1. The van der Waals surface area contributed by atoms with Gasteiger partial charge < -0.3 is 15.3 Å². The van der Waals surface area contributed by atoms with Crippen LogP contribution in [0.5, 0.6) is 0 Å². The number of hydrogen-bond donors (Lipinski definition) is 2. The Morgan fingerprint density at radius 1 is 1.32 bits per heavy atom. The summed E-state index contributed by atoms with van der Waals surface area (Å²) in [4.78, 5) is 24.8. The Morgan fingerprint density at radius 3 is 2.74 bits per heavy atom. The van der Waals surface area contributed by atoms with E-state index in [-0.39, 0.29) is 11.6 Å². The quantitative estimate of drug-likeness (QED) is 0.822. The molecular formula is C13H13BrN2O3. The predicted octanol–water partition coefficient (Wildman–Crippen LogP) is 2.94. The molecule has 5 nitrogen and oxygen atoms in total. The number of nitrogens with zero attached hydrogens (tertiary/aromatic N) is 1. The van der Waals surface area contributed by atoms with Crippen molar-refractivity contribution in [2.45, 2.75) is 6.42 Å². The van der Waals surface area contributed by atoms with Crippen molar-refractivity contribution in [2.24, 2.45) is 0 Å². The molecule has 0 unspecified atom stereocenters. The number of rotatable bonds is 2. The van der Waals surface area contributed by atoms with Crippen molar-refractivity contribution in [2.75, 3.05) is 18.4 Å². The van der Waals surface area contributed by atoms with Gasteiger partial charge in [-0.15, -0.1) is 0 Å². The normalized spacial score (nSPS) is 14.3. The lowest BCUT2D eigenvalue weighted by atomic mass is 10.2. The Hall–Kier alpha value is -1.82. The third-order valence-corrected chi connectivity index (χ3v) is 3.29. The second-order valence-corrected chi connectivity index (χ2v) is 5.05. The van der Waals surface area contributed by atoms with Gasteiger partial charge in [0.1, 0.15) is 0 Å². The number of nitrogens with one attached hydrogen (secondary N) is 1.